The van der Waals surface area contributed by atoms with Crippen LogP contribution in [-0.4, -0.2) is 49.9 Å². The summed E-state index contributed by atoms with van der Waals surface area (Å²) in [5.41, 5.74) is 1.08. The Morgan fingerprint density at radius 2 is 1.70 bits per heavy atom. The Morgan fingerprint density at radius 3 is 2.40 bits per heavy atom. The summed E-state index contributed by atoms with van der Waals surface area (Å²) < 4.78 is 38.7. The molecule has 2 aromatic carbocycles. The molecule has 5 rings (SSSR count). The van der Waals surface area contributed by atoms with Crippen molar-refractivity contribution in [2.45, 2.75) is 17.7 Å². The molecule has 1 aromatic heterocycles. The highest BCUT2D eigenvalue weighted by molar-refractivity contribution is 7.89. The molecule has 1 saturated heterocycles. The van der Waals surface area contributed by atoms with Gasteiger partial charge in [-0.1, -0.05) is 11.3 Å². The molecular weight excluding hydrogens is 426 g/mol. The molecule has 8 nitrogen and oxygen atoms in total. The number of rotatable bonds is 4. The number of amides is 1. The van der Waals surface area contributed by atoms with Gasteiger partial charge < -0.3 is 9.47 Å². The summed E-state index contributed by atoms with van der Waals surface area (Å²) in [4.78, 5) is 17.3. The molecule has 0 aliphatic carbocycles. The van der Waals surface area contributed by atoms with Gasteiger partial charge in [-0.05, 0) is 37.1 Å². The summed E-state index contributed by atoms with van der Waals surface area (Å²) in [7, 11) is -3.50. The fourth-order valence-corrected chi connectivity index (χ4v) is 5.93. The summed E-state index contributed by atoms with van der Waals surface area (Å²) in [6.45, 7) is 2.09. The highest BCUT2D eigenvalue weighted by Crippen LogP contribution is 2.38. The Kier molecular flexibility index (Phi) is 4.84. The number of carbonyl (C=O) groups excluding carboxylic acids is 1. The Morgan fingerprint density at radius 1 is 1.03 bits per heavy atom. The van der Waals surface area contributed by atoms with Crippen LogP contribution in [0.2, 0.25) is 0 Å². The lowest BCUT2D eigenvalue weighted by atomic mass is 10.2. The molecule has 10 heteroatoms. The van der Waals surface area contributed by atoms with E-state index in [1.54, 1.807) is 6.07 Å². The van der Waals surface area contributed by atoms with Gasteiger partial charge in [0.05, 0.1) is 15.1 Å². The van der Waals surface area contributed by atoms with Gasteiger partial charge in [0.25, 0.3) is 5.91 Å². The number of thiazole rings is 1. The zero-order valence-corrected chi connectivity index (χ0v) is 17.6. The van der Waals surface area contributed by atoms with Crippen LogP contribution in [0.25, 0.3) is 10.2 Å². The molecule has 2 aliphatic rings. The Bertz CT molecular complexity index is 1170. The molecule has 0 bridgehead atoms. The molecule has 3 aromatic rings. The van der Waals surface area contributed by atoms with Gasteiger partial charge >= 0.3 is 0 Å². The smallest absolute Gasteiger partial charge is 0.257 e. The van der Waals surface area contributed by atoms with Gasteiger partial charge in [0.15, 0.2) is 16.6 Å². The first-order valence-electron chi connectivity index (χ1n) is 9.62. The van der Waals surface area contributed by atoms with Crippen molar-refractivity contribution in [3.8, 4) is 11.5 Å². The summed E-state index contributed by atoms with van der Waals surface area (Å²) in [5.74, 6) is 0.966. The number of anilines is 1. The molecule has 0 spiro atoms. The van der Waals surface area contributed by atoms with Gasteiger partial charge in [-0.3, -0.25) is 10.1 Å². The average Bonchev–Trinajstić information content (AvgIpc) is 3.42. The monoisotopic (exact) mass is 445 g/mol. The molecule has 156 valence electrons. The Balaban J connectivity index is 1.34. The third-order valence-electron chi connectivity index (χ3n) is 5.09. The maximum Gasteiger partial charge on any atom is 0.257 e. The van der Waals surface area contributed by atoms with Crippen LogP contribution in [0, 0.1) is 0 Å². The van der Waals surface area contributed by atoms with Crippen LogP contribution in [0.4, 0.5) is 5.13 Å². The zero-order chi connectivity index (χ0) is 20.7. The topological polar surface area (TPSA) is 97.8 Å². The number of fused-ring (bicyclic) bond motifs is 2. The normalized spacial score (nSPS) is 16.7. The predicted molar refractivity (Wildman–Crippen MR) is 113 cm³/mol. The molecule has 0 saturated carbocycles. The molecule has 0 unspecified atom stereocenters. The molecule has 3 heterocycles. The lowest BCUT2D eigenvalue weighted by molar-refractivity contribution is 0.102. The van der Waals surface area contributed by atoms with Crippen LogP contribution in [0.5, 0.6) is 11.5 Å². The van der Waals surface area contributed by atoms with Crippen LogP contribution in [0.15, 0.2) is 41.3 Å². The van der Waals surface area contributed by atoms with Gasteiger partial charge in [0, 0.05) is 30.8 Å². The van der Waals surface area contributed by atoms with Crippen LogP contribution in [0.1, 0.15) is 23.2 Å². The summed E-state index contributed by atoms with van der Waals surface area (Å²) >= 11 is 1.34. The number of sulfonamides is 1. The summed E-state index contributed by atoms with van der Waals surface area (Å²) in [6, 6.07) is 9.65. The second-order valence-electron chi connectivity index (χ2n) is 7.07. The van der Waals surface area contributed by atoms with E-state index in [2.05, 4.69) is 10.3 Å². The van der Waals surface area contributed by atoms with Crippen LogP contribution in [0.3, 0.4) is 0 Å². The molecule has 1 fully saturated rings. The second-order valence-corrected chi connectivity index (χ2v) is 10.0. The fourth-order valence-electron chi connectivity index (χ4n) is 3.54. The second kappa shape index (κ2) is 7.53. The van der Waals surface area contributed by atoms with E-state index in [1.165, 1.54) is 39.9 Å². The number of hydrogen-bond donors (Lipinski definition) is 1. The number of nitrogens with zero attached hydrogens (tertiary/aromatic N) is 2. The van der Waals surface area contributed by atoms with E-state index >= 15 is 0 Å². The highest BCUT2D eigenvalue weighted by Gasteiger charge is 2.27. The first-order valence-corrected chi connectivity index (χ1v) is 11.9. The third kappa shape index (κ3) is 3.51. The van der Waals surface area contributed by atoms with Crippen molar-refractivity contribution in [2.24, 2.45) is 0 Å². The van der Waals surface area contributed by atoms with E-state index < -0.39 is 10.0 Å². The zero-order valence-electron chi connectivity index (χ0n) is 16.0. The largest absolute Gasteiger partial charge is 0.486 e. The van der Waals surface area contributed by atoms with Crippen LogP contribution in [-0.2, 0) is 10.0 Å². The molecule has 30 heavy (non-hydrogen) atoms. The maximum absolute atomic E-state index is 12.6. The van der Waals surface area contributed by atoms with E-state index in [1.807, 2.05) is 6.07 Å². The van der Waals surface area contributed by atoms with Gasteiger partial charge in [0.1, 0.15) is 13.2 Å². The fraction of sp³-hybridized carbons (Fsp3) is 0.300. The lowest BCUT2D eigenvalue weighted by Crippen LogP contribution is -2.27. The molecule has 1 amide bonds. The van der Waals surface area contributed by atoms with Crippen molar-refractivity contribution in [2.75, 3.05) is 31.6 Å². The first kappa shape index (κ1) is 19.3. The molecule has 0 atom stereocenters. The van der Waals surface area contributed by atoms with E-state index in [0.717, 1.165) is 17.5 Å². The molecule has 1 N–H and O–H groups in total. The van der Waals surface area contributed by atoms with E-state index in [0.29, 0.717) is 54.0 Å². The van der Waals surface area contributed by atoms with E-state index in [-0.39, 0.29) is 10.8 Å². The van der Waals surface area contributed by atoms with Crippen molar-refractivity contribution in [1.82, 2.24) is 9.29 Å². The number of benzene rings is 2. The van der Waals surface area contributed by atoms with Crippen molar-refractivity contribution in [3.63, 3.8) is 0 Å². The van der Waals surface area contributed by atoms with E-state index in [4.69, 9.17) is 9.47 Å². The quantitative estimate of drug-likeness (QED) is 0.663. The van der Waals surface area contributed by atoms with Crippen LogP contribution < -0.4 is 14.8 Å². The van der Waals surface area contributed by atoms with Gasteiger partial charge in [-0.25, -0.2) is 13.4 Å². The minimum atomic E-state index is -3.50. The number of hydrogen-bond acceptors (Lipinski definition) is 7. The number of nitrogens with one attached hydrogen (secondary N) is 1. The minimum Gasteiger partial charge on any atom is -0.486 e. The highest BCUT2D eigenvalue weighted by atomic mass is 32.2. The molecular formula is C20H19N3O5S2. The number of aromatic nitrogens is 1. The Labute approximate surface area is 177 Å². The van der Waals surface area contributed by atoms with Crippen LogP contribution >= 0.6 is 11.3 Å². The maximum atomic E-state index is 12.6. The lowest BCUT2D eigenvalue weighted by Gasteiger charge is -2.17. The third-order valence-corrected chi connectivity index (χ3v) is 7.94. The summed E-state index contributed by atoms with van der Waals surface area (Å²) in [5, 5.41) is 3.23. The van der Waals surface area contributed by atoms with Crippen molar-refractivity contribution in [1.29, 1.82) is 0 Å². The Hall–Kier alpha value is -2.69. The number of carbonyl (C=O) groups is 1. The van der Waals surface area contributed by atoms with Gasteiger partial charge in [-0.15, -0.1) is 0 Å². The van der Waals surface area contributed by atoms with Gasteiger partial charge in [-0.2, -0.15) is 4.31 Å². The van der Waals surface area contributed by atoms with Crippen molar-refractivity contribution >= 4 is 42.6 Å². The van der Waals surface area contributed by atoms with Gasteiger partial charge in [0.2, 0.25) is 10.0 Å². The standard InChI is InChI=1S/C20H19N3O5S2/c24-19(13-3-5-14(6-4-13)30(25,26)23-7-1-2-8-23)22-20-21-15-11-16-17(12-18(15)29-20)28-10-9-27-16/h3-6,11-12H,1-2,7-10H2,(H,21,22,24). The van der Waals surface area contributed by atoms with Crippen molar-refractivity contribution < 1.29 is 22.7 Å². The van der Waals surface area contributed by atoms with E-state index in [9.17, 15) is 13.2 Å². The first-order chi connectivity index (χ1) is 14.5. The van der Waals surface area contributed by atoms with Crippen molar-refractivity contribution in [3.05, 3.63) is 42.0 Å². The molecule has 0 radical (unpaired) electrons. The minimum absolute atomic E-state index is 0.200. The molecule has 2 aliphatic heterocycles. The predicted octanol–water partition coefficient (Wildman–Crippen LogP) is 3.10. The summed E-state index contributed by atoms with van der Waals surface area (Å²) in [6.07, 6.45) is 1.76. The number of ether oxygens (including phenoxy) is 2. The SMILES string of the molecule is O=C(Nc1nc2cc3c(cc2s1)OCCO3)c1ccc(S(=O)(=O)N2CCCC2)cc1. The average molecular weight is 446 g/mol.